The Kier molecular flexibility index (Phi) is 6.07. The van der Waals surface area contributed by atoms with Crippen molar-refractivity contribution in [1.82, 2.24) is 15.1 Å². The van der Waals surface area contributed by atoms with Gasteiger partial charge in [-0.25, -0.2) is 8.42 Å². The van der Waals surface area contributed by atoms with Crippen molar-refractivity contribution in [3.63, 3.8) is 0 Å². The quantitative estimate of drug-likeness (QED) is 0.568. The van der Waals surface area contributed by atoms with Gasteiger partial charge in [0.2, 0.25) is 27.6 Å². The number of aryl methyl sites for hydroxylation is 1. The SMILES string of the molecule is COc1ccc(NC(=O)CCc2nc(-c3ccncc3)no2)cc1NS(C)(=O)=O. The Morgan fingerprint density at radius 1 is 1.21 bits per heavy atom. The lowest BCUT2D eigenvalue weighted by Crippen LogP contribution is -2.14. The van der Waals surface area contributed by atoms with E-state index in [-0.39, 0.29) is 24.4 Å². The Morgan fingerprint density at radius 2 is 1.97 bits per heavy atom. The summed E-state index contributed by atoms with van der Waals surface area (Å²) in [6.45, 7) is 0. The van der Waals surface area contributed by atoms with Crippen LogP contribution in [0.3, 0.4) is 0 Å². The molecule has 0 radical (unpaired) electrons. The minimum Gasteiger partial charge on any atom is -0.495 e. The molecule has 0 bridgehead atoms. The number of benzene rings is 1. The number of hydrogen-bond donors (Lipinski definition) is 2. The van der Waals surface area contributed by atoms with Crippen LogP contribution in [0.2, 0.25) is 0 Å². The average Bonchev–Trinajstić information content (AvgIpc) is 3.15. The van der Waals surface area contributed by atoms with Gasteiger partial charge in [-0.3, -0.25) is 14.5 Å². The van der Waals surface area contributed by atoms with E-state index in [9.17, 15) is 13.2 Å². The van der Waals surface area contributed by atoms with E-state index in [1.165, 1.54) is 13.2 Å². The molecule has 10 nitrogen and oxygen atoms in total. The summed E-state index contributed by atoms with van der Waals surface area (Å²) in [7, 11) is -2.07. The Balaban J connectivity index is 1.61. The van der Waals surface area contributed by atoms with Crippen LogP contribution in [0.1, 0.15) is 12.3 Å². The van der Waals surface area contributed by atoms with E-state index >= 15 is 0 Å². The summed E-state index contributed by atoms with van der Waals surface area (Å²) in [4.78, 5) is 20.4. The van der Waals surface area contributed by atoms with Crippen LogP contribution in [0.5, 0.6) is 5.75 Å². The van der Waals surface area contributed by atoms with Gasteiger partial charge in [-0.05, 0) is 30.3 Å². The molecule has 2 aromatic heterocycles. The van der Waals surface area contributed by atoms with Gasteiger partial charge in [0.15, 0.2) is 0 Å². The first-order chi connectivity index (χ1) is 13.8. The molecule has 3 aromatic rings. The Hall–Kier alpha value is -3.47. The summed E-state index contributed by atoms with van der Waals surface area (Å²) >= 11 is 0. The first kappa shape index (κ1) is 20.3. The molecule has 1 amide bonds. The average molecular weight is 417 g/mol. The smallest absolute Gasteiger partial charge is 0.229 e. The highest BCUT2D eigenvalue weighted by molar-refractivity contribution is 7.92. The van der Waals surface area contributed by atoms with E-state index < -0.39 is 10.0 Å². The Labute approximate surface area is 167 Å². The van der Waals surface area contributed by atoms with Gasteiger partial charge in [-0.1, -0.05) is 5.16 Å². The maximum Gasteiger partial charge on any atom is 0.229 e. The van der Waals surface area contributed by atoms with Crippen molar-refractivity contribution in [3.8, 4) is 17.1 Å². The molecule has 0 saturated carbocycles. The number of pyridine rings is 1. The minimum atomic E-state index is -3.50. The van der Waals surface area contributed by atoms with E-state index in [0.717, 1.165) is 11.8 Å². The van der Waals surface area contributed by atoms with Crippen LogP contribution in [0.15, 0.2) is 47.2 Å². The zero-order chi connectivity index (χ0) is 20.9. The van der Waals surface area contributed by atoms with Crippen LogP contribution in [0.4, 0.5) is 11.4 Å². The molecule has 0 unspecified atom stereocenters. The molecule has 0 aliphatic heterocycles. The first-order valence-corrected chi connectivity index (χ1v) is 10.4. The fourth-order valence-corrected chi connectivity index (χ4v) is 3.04. The molecule has 3 rings (SSSR count). The number of carbonyl (C=O) groups is 1. The van der Waals surface area contributed by atoms with Crippen molar-refractivity contribution in [2.45, 2.75) is 12.8 Å². The minimum absolute atomic E-state index is 0.110. The lowest BCUT2D eigenvalue weighted by Gasteiger charge is -2.12. The molecule has 0 aliphatic rings. The van der Waals surface area contributed by atoms with Gasteiger partial charge in [0.25, 0.3) is 0 Å². The topological polar surface area (TPSA) is 136 Å². The third kappa shape index (κ3) is 5.75. The number of carbonyl (C=O) groups excluding carboxylic acids is 1. The van der Waals surface area contributed by atoms with Crippen molar-refractivity contribution < 1.29 is 22.5 Å². The number of sulfonamides is 1. The number of anilines is 2. The van der Waals surface area contributed by atoms with Gasteiger partial charge in [0.05, 0.1) is 19.1 Å². The van der Waals surface area contributed by atoms with E-state index in [4.69, 9.17) is 9.26 Å². The first-order valence-electron chi connectivity index (χ1n) is 8.53. The predicted molar refractivity (Wildman–Crippen MR) is 106 cm³/mol. The van der Waals surface area contributed by atoms with Crippen LogP contribution in [0, 0.1) is 0 Å². The molecule has 2 heterocycles. The summed E-state index contributed by atoms with van der Waals surface area (Å²) in [6, 6.07) is 8.16. The maximum absolute atomic E-state index is 12.2. The second kappa shape index (κ2) is 8.69. The molecule has 0 saturated heterocycles. The van der Waals surface area contributed by atoms with Crippen LogP contribution in [-0.2, 0) is 21.2 Å². The summed E-state index contributed by atoms with van der Waals surface area (Å²) in [5, 5.41) is 6.59. The molecule has 152 valence electrons. The van der Waals surface area contributed by atoms with E-state index in [1.54, 1.807) is 36.7 Å². The number of methoxy groups -OCH3 is 1. The number of hydrogen-bond acceptors (Lipinski definition) is 8. The monoisotopic (exact) mass is 417 g/mol. The summed E-state index contributed by atoms with van der Waals surface area (Å²) < 4.78 is 35.6. The van der Waals surface area contributed by atoms with Crippen molar-refractivity contribution in [1.29, 1.82) is 0 Å². The van der Waals surface area contributed by atoms with Gasteiger partial charge < -0.3 is 14.6 Å². The summed E-state index contributed by atoms with van der Waals surface area (Å²) in [5.74, 6) is 0.808. The van der Waals surface area contributed by atoms with Gasteiger partial charge in [0.1, 0.15) is 5.75 Å². The number of nitrogens with one attached hydrogen (secondary N) is 2. The largest absolute Gasteiger partial charge is 0.495 e. The Morgan fingerprint density at radius 3 is 2.66 bits per heavy atom. The number of amides is 1. The van der Waals surface area contributed by atoms with Gasteiger partial charge in [0, 0.05) is 36.5 Å². The lowest BCUT2D eigenvalue weighted by molar-refractivity contribution is -0.116. The fourth-order valence-electron chi connectivity index (χ4n) is 2.48. The zero-order valence-corrected chi connectivity index (χ0v) is 16.6. The molecular weight excluding hydrogens is 398 g/mol. The predicted octanol–water partition coefficient (Wildman–Crippen LogP) is 2.08. The third-order valence-corrected chi connectivity index (χ3v) is 4.34. The van der Waals surface area contributed by atoms with Crippen LogP contribution in [0.25, 0.3) is 11.4 Å². The molecule has 2 N–H and O–H groups in total. The molecule has 0 aliphatic carbocycles. The highest BCUT2D eigenvalue weighted by Crippen LogP contribution is 2.28. The van der Waals surface area contributed by atoms with Gasteiger partial charge in [-0.15, -0.1) is 0 Å². The van der Waals surface area contributed by atoms with Crippen LogP contribution < -0.4 is 14.8 Å². The standard InChI is InChI=1S/C18H19N5O5S/c1-27-15-4-3-13(11-14(15)23-29(2,25)26)20-16(24)5-6-17-21-18(22-28-17)12-7-9-19-10-8-12/h3-4,7-11,23H,5-6H2,1-2H3,(H,20,24). The second-order valence-corrected chi connectivity index (χ2v) is 7.83. The van der Waals surface area contributed by atoms with Gasteiger partial charge >= 0.3 is 0 Å². The molecule has 0 atom stereocenters. The van der Waals surface area contributed by atoms with E-state index in [1.807, 2.05) is 0 Å². The number of aromatic nitrogens is 3. The van der Waals surface area contributed by atoms with Gasteiger partial charge in [-0.2, -0.15) is 4.98 Å². The molecule has 0 spiro atoms. The van der Waals surface area contributed by atoms with Crippen molar-refractivity contribution >= 4 is 27.3 Å². The highest BCUT2D eigenvalue weighted by atomic mass is 32.2. The van der Waals surface area contributed by atoms with Crippen molar-refractivity contribution in [3.05, 3.63) is 48.6 Å². The van der Waals surface area contributed by atoms with Crippen LogP contribution in [-0.4, -0.2) is 42.8 Å². The molecule has 0 fully saturated rings. The van der Waals surface area contributed by atoms with Crippen molar-refractivity contribution in [2.75, 3.05) is 23.4 Å². The van der Waals surface area contributed by atoms with Crippen molar-refractivity contribution in [2.24, 2.45) is 0 Å². The third-order valence-electron chi connectivity index (χ3n) is 3.75. The normalized spacial score (nSPS) is 11.1. The number of nitrogens with zero attached hydrogens (tertiary/aromatic N) is 3. The highest BCUT2D eigenvalue weighted by Gasteiger charge is 2.13. The maximum atomic E-state index is 12.2. The molecule has 11 heteroatoms. The number of ether oxygens (including phenoxy) is 1. The summed E-state index contributed by atoms with van der Waals surface area (Å²) in [6.07, 6.45) is 4.65. The fraction of sp³-hybridized carbons (Fsp3) is 0.222. The van der Waals surface area contributed by atoms with E-state index in [2.05, 4.69) is 25.2 Å². The Bertz CT molecular complexity index is 1100. The number of rotatable bonds is 8. The summed E-state index contributed by atoms with van der Waals surface area (Å²) in [5.41, 5.74) is 1.42. The van der Waals surface area contributed by atoms with Crippen LogP contribution >= 0.6 is 0 Å². The zero-order valence-electron chi connectivity index (χ0n) is 15.7. The molecule has 1 aromatic carbocycles. The lowest BCUT2D eigenvalue weighted by atomic mass is 10.2. The second-order valence-electron chi connectivity index (χ2n) is 6.09. The van der Waals surface area contributed by atoms with E-state index in [0.29, 0.717) is 23.2 Å². The molecule has 29 heavy (non-hydrogen) atoms. The molecular formula is C18H19N5O5S.